The zero-order valence-corrected chi connectivity index (χ0v) is 24.7. The molecule has 1 aromatic carbocycles. The molecule has 0 bridgehead atoms. The summed E-state index contributed by atoms with van der Waals surface area (Å²) >= 11 is 0. The molecule has 1 heterocycles. The Labute approximate surface area is 235 Å². The molecule has 0 aromatic heterocycles. The van der Waals surface area contributed by atoms with Gasteiger partial charge in [-0.1, -0.05) is 48.9 Å². The maximum absolute atomic E-state index is 13.7. The number of carbonyl (C=O) groups excluding carboxylic acids is 2. The molecule has 1 amide bonds. The van der Waals surface area contributed by atoms with Crippen LogP contribution in [0.4, 0.5) is 0 Å². The Balaban J connectivity index is 1.17. The Kier molecular flexibility index (Phi) is 6.97. The van der Waals surface area contributed by atoms with E-state index in [1.165, 1.54) is 45.6 Å². The highest BCUT2D eigenvalue weighted by Gasteiger charge is 2.64. The van der Waals surface area contributed by atoms with Crippen LogP contribution >= 0.6 is 0 Å². The normalized spacial score (nSPS) is 40.0. The zero-order chi connectivity index (χ0) is 27.5. The number of hydrogen-bond acceptors (Lipinski definition) is 4. The predicted molar refractivity (Wildman–Crippen MR) is 154 cm³/mol. The van der Waals surface area contributed by atoms with Crippen molar-refractivity contribution in [3.05, 3.63) is 47.5 Å². The second-order valence-corrected chi connectivity index (χ2v) is 14.0. The first-order valence-electron chi connectivity index (χ1n) is 15.5. The van der Waals surface area contributed by atoms with E-state index in [9.17, 15) is 9.59 Å². The molecule has 5 nitrogen and oxygen atoms in total. The largest absolute Gasteiger partial charge is 0.452 e. The van der Waals surface area contributed by atoms with E-state index in [4.69, 9.17) is 4.74 Å². The lowest BCUT2D eigenvalue weighted by molar-refractivity contribution is -0.159. The number of fused-ring (bicyclic) bond motifs is 4. The van der Waals surface area contributed by atoms with Crippen LogP contribution in [0.3, 0.4) is 0 Å². The fourth-order valence-electron chi connectivity index (χ4n) is 10.4. The molecule has 5 heteroatoms. The molecule has 5 aliphatic rings. The van der Waals surface area contributed by atoms with Gasteiger partial charge >= 0.3 is 5.97 Å². The number of allylic oxidation sites excluding steroid dienone is 1. The van der Waals surface area contributed by atoms with E-state index >= 15 is 0 Å². The summed E-state index contributed by atoms with van der Waals surface area (Å²) in [5, 5.41) is 0. The number of benzene rings is 1. The molecule has 1 spiro atoms. The van der Waals surface area contributed by atoms with Crippen LogP contribution in [0.2, 0.25) is 0 Å². The average molecular weight is 533 g/mol. The number of likely N-dealkylation sites (N-methyl/N-ethyl adjacent to an activating group) is 1. The molecule has 0 unspecified atom stereocenters. The molecule has 0 radical (unpaired) electrons. The molecular formula is C34H48N2O3. The van der Waals surface area contributed by atoms with Gasteiger partial charge in [0, 0.05) is 39.0 Å². The van der Waals surface area contributed by atoms with Gasteiger partial charge in [0.15, 0.2) is 6.10 Å². The number of likely N-dealkylation sites (tertiary alicyclic amines) is 1. The van der Waals surface area contributed by atoms with E-state index in [1.807, 2.05) is 42.3 Å². The van der Waals surface area contributed by atoms with Crippen molar-refractivity contribution in [2.75, 3.05) is 20.6 Å². The second-order valence-electron chi connectivity index (χ2n) is 14.0. The summed E-state index contributed by atoms with van der Waals surface area (Å²) in [5.41, 5.74) is 3.42. The molecule has 1 aromatic rings. The van der Waals surface area contributed by atoms with Gasteiger partial charge in [0.2, 0.25) is 0 Å². The minimum absolute atomic E-state index is 0.0759. The first-order chi connectivity index (χ1) is 18.6. The number of nitrogens with zero attached hydrogens (tertiary/aromatic N) is 2. The molecule has 1 saturated heterocycles. The minimum Gasteiger partial charge on any atom is -0.452 e. The summed E-state index contributed by atoms with van der Waals surface area (Å²) in [7, 11) is 4.27. The van der Waals surface area contributed by atoms with Crippen molar-refractivity contribution in [2.45, 2.75) is 96.7 Å². The third-order valence-electron chi connectivity index (χ3n) is 12.4. The first-order valence-corrected chi connectivity index (χ1v) is 15.5. The molecule has 4 fully saturated rings. The average Bonchev–Trinajstić information content (AvgIpc) is 3.40. The van der Waals surface area contributed by atoms with Crippen LogP contribution in [-0.2, 0) is 20.7 Å². The van der Waals surface area contributed by atoms with Gasteiger partial charge in [-0.3, -0.25) is 9.59 Å². The van der Waals surface area contributed by atoms with E-state index in [1.54, 1.807) is 5.57 Å². The molecule has 1 aliphatic heterocycles. The van der Waals surface area contributed by atoms with Crippen molar-refractivity contribution >= 4 is 11.9 Å². The Bertz CT molecular complexity index is 1130. The Morgan fingerprint density at radius 3 is 2.56 bits per heavy atom. The lowest BCUT2D eigenvalue weighted by Crippen LogP contribution is -2.53. The number of ether oxygens (including phenoxy) is 1. The Morgan fingerprint density at radius 2 is 1.82 bits per heavy atom. The predicted octanol–water partition coefficient (Wildman–Crippen LogP) is 5.88. The molecule has 0 N–H and O–H groups in total. The van der Waals surface area contributed by atoms with E-state index < -0.39 is 12.1 Å². The van der Waals surface area contributed by atoms with Crippen LogP contribution in [0, 0.1) is 34.5 Å². The SMILES string of the molecule is CC(=O)O[C@H](Cc1ccccc1)C(=O)N(C)[C@H]1CC[C@@]2(C)C(=CC[C@H]3[C@@H]4CC[C@@H]5[C@H](C)N(C)C[C@@]54CC[C@@H]32)C1. The fraction of sp³-hybridized carbons (Fsp3) is 0.706. The molecule has 212 valence electrons. The van der Waals surface area contributed by atoms with Crippen molar-refractivity contribution in [1.82, 2.24) is 9.80 Å². The maximum Gasteiger partial charge on any atom is 0.303 e. The van der Waals surface area contributed by atoms with Crippen LogP contribution in [-0.4, -0.2) is 60.5 Å². The quantitative estimate of drug-likeness (QED) is 0.351. The molecule has 9 atom stereocenters. The topological polar surface area (TPSA) is 49.9 Å². The number of amides is 1. The van der Waals surface area contributed by atoms with Gasteiger partial charge in [-0.2, -0.15) is 0 Å². The summed E-state index contributed by atoms with van der Waals surface area (Å²) in [4.78, 5) is 30.1. The van der Waals surface area contributed by atoms with Crippen molar-refractivity contribution in [3.63, 3.8) is 0 Å². The zero-order valence-electron chi connectivity index (χ0n) is 24.7. The second kappa shape index (κ2) is 10.0. The Hall–Kier alpha value is -2.14. The molecular weight excluding hydrogens is 484 g/mol. The van der Waals surface area contributed by atoms with E-state index in [0.29, 0.717) is 11.8 Å². The lowest BCUT2D eigenvalue weighted by Gasteiger charge is -2.58. The summed E-state index contributed by atoms with van der Waals surface area (Å²) in [6.45, 7) is 7.73. The third kappa shape index (κ3) is 4.38. The number of hydrogen-bond donors (Lipinski definition) is 0. The van der Waals surface area contributed by atoms with Gasteiger partial charge in [-0.15, -0.1) is 0 Å². The van der Waals surface area contributed by atoms with Gasteiger partial charge < -0.3 is 14.5 Å². The summed E-state index contributed by atoms with van der Waals surface area (Å²) in [6.07, 6.45) is 12.2. The van der Waals surface area contributed by atoms with Crippen molar-refractivity contribution in [3.8, 4) is 0 Å². The molecule has 6 rings (SSSR count). The summed E-state index contributed by atoms with van der Waals surface area (Å²) < 4.78 is 5.57. The first kappa shape index (κ1) is 27.1. The van der Waals surface area contributed by atoms with Crippen LogP contribution in [0.15, 0.2) is 42.0 Å². The molecule has 4 aliphatic carbocycles. The van der Waals surface area contributed by atoms with E-state index in [2.05, 4.69) is 31.9 Å². The van der Waals surface area contributed by atoms with Crippen molar-refractivity contribution in [1.29, 1.82) is 0 Å². The van der Waals surface area contributed by atoms with Crippen LogP contribution in [0.1, 0.15) is 77.7 Å². The minimum atomic E-state index is -0.773. The smallest absolute Gasteiger partial charge is 0.303 e. The fourth-order valence-corrected chi connectivity index (χ4v) is 10.4. The van der Waals surface area contributed by atoms with Gasteiger partial charge in [0.1, 0.15) is 0 Å². The highest BCUT2D eigenvalue weighted by Crippen LogP contribution is 2.68. The van der Waals surface area contributed by atoms with E-state index in [-0.39, 0.29) is 17.4 Å². The van der Waals surface area contributed by atoms with Gasteiger partial charge in [-0.25, -0.2) is 0 Å². The lowest BCUT2D eigenvalue weighted by atomic mass is 9.47. The maximum atomic E-state index is 13.7. The number of rotatable bonds is 5. The Morgan fingerprint density at radius 1 is 1.08 bits per heavy atom. The van der Waals surface area contributed by atoms with Crippen LogP contribution < -0.4 is 0 Å². The van der Waals surface area contributed by atoms with Gasteiger partial charge in [-0.05, 0) is 105 Å². The highest BCUT2D eigenvalue weighted by atomic mass is 16.5. The van der Waals surface area contributed by atoms with Crippen molar-refractivity contribution < 1.29 is 14.3 Å². The summed E-state index contributed by atoms with van der Waals surface area (Å²) in [6, 6.07) is 10.8. The van der Waals surface area contributed by atoms with Gasteiger partial charge in [0.25, 0.3) is 5.91 Å². The number of esters is 1. The standard InChI is InChI=1S/C34H48N2O3/c1-22-28-13-14-30-27-12-11-25-20-26(15-17-33(25,3)29(27)16-18-34(28,30)21-35(22)4)36(5)32(38)31(39-23(2)37)19-24-9-7-6-8-10-24/h6-11,22,26-31H,12-21H2,1-5H3/t22-,26-,27+,28+,29-,30-,31+,33-,34-/m0/s1. The highest BCUT2D eigenvalue weighted by molar-refractivity contribution is 5.84. The monoisotopic (exact) mass is 532 g/mol. The molecule has 3 saturated carbocycles. The number of carbonyl (C=O) groups is 2. The van der Waals surface area contributed by atoms with Crippen LogP contribution in [0.25, 0.3) is 0 Å². The summed E-state index contributed by atoms with van der Waals surface area (Å²) in [5.74, 6) is 2.90. The third-order valence-corrected chi connectivity index (χ3v) is 12.4. The van der Waals surface area contributed by atoms with Gasteiger partial charge in [0.05, 0.1) is 0 Å². The van der Waals surface area contributed by atoms with Crippen LogP contribution in [0.5, 0.6) is 0 Å². The van der Waals surface area contributed by atoms with Crippen molar-refractivity contribution in [2.24, 2.45) is 34.5 Å². The van der Waals surface area contributed by atoms with E-state index in [0.717, 1.165) is 54.5 Å². The molecule has 39 heavy (non-hydrogen) atoms.